The zero-order chi connectivity index (χ0) is 12.0. The highest BCUT2D eigenvalue weighted by atomic mass is 16.1. The molecule has 0 aliphatic carbocycles. The molecule has 0 spiro atoms. The van der Waals surface area contributed by atoms with Crippen LogP contribution in [0.1, 0.15) is 24.0 Å². The van der Waals surface area contributed by atoms with Crippen LogP contribution >= 0.6 is 0 Å². The molecule has 0 saturated heterocycles. The van der Waals surface area contributed by atoms with Crippen LogP contribution in [0.4, 0.5) is 0 Å². The molecule has 0 aliphatic heterocycles. The van der Waals surface area contributed by atoms with Crippen LogP contribution < -0.4 is 0 Å². The highest BCUT2D eigenvalue weighted by molar-refractivity contribution is 5.91. The van der Waals surface area contributed by atoms with E-state index in [1.807, 2.05) is 31.2 Å². The molecular weight excluding hydrogens is 200 g/mol. The predicted octanol–water partition coefficient (Wildman–Crippen LogP) is 2.64. The van der Waals surface area contributed by atoms with Gasteiger partial charge >= 0.3 is 0 Å². The van der Waals surface area contributed by atoms with Crippen molar-refractivity contribution >= 4 is 12.1 Å². The van der Waals surface area contributed by atoms with E-state index in [0.717, 1.165) is 11.1 Å². The zero-order valence-electron chi connectivity index (χ0n) is 9.53. The summed E-state index contributed by atoms with van der Waals surface area (Å²) in [5, 5.41) is 0. The van der Waals surface area contributed by atoms with Gasteiger partial charge in [-0.3, -0.25) is 4.79 Å². The maximum Gasteiger partial charge on any atom is 0.143 e. The third-order valence-corrected chi connectivity index (χ3v) is 2.33. The van der Waals surface area contributed by atoms with Crippen molar-refractivity contribution in [2.45, 2.75) is 26.2 Å². The minimum atomic E-state index is -0.0629. The maximum atomic E-state index is 11.2. The summed E-state index contributed by atoms with van der Waals surface area (Å²) >= 11 is 0. The normalized spacial score (nSPS) is 9.81. The smallest absolute Gasteiger partial charge is 0.143 e. The van der Waals surface area contributed by atoms with Crippen LogP contribution in [-0.2, 0) is 16.0 Å². The molecule has 0 radical (unpaired) electrons. The van der Waals surface area contributed by atoms with Crippen molar-refractivity contribution in [1.29, 1.82) is 0 Å². The van der Waals surface area contributed by atoms with Gasteiger partial charge in [-0.2, -0.15) is 0 Å². The van der Waals surface area contributed by atoms with Gasteiger partial charge in [0.05, 0.1) is 6.42 Å². The summed E-state index contributed by atoms with van der Waals surface area (Å²) in [5.74, 6) is -0.0629. The Morgan fingerprint density at radius 1 is 1.31 bits per heavy atom. The van der Waals surface area contributed by atoms with Crippen molar-refractivity contribution in [3.63, 3.8) is 0 Å². The first-order valence-electron chi connectivity index (χ1n) is 5.29. The summed E-state index contributed by atoms with van der Waals surface area (Å²) in [4.78, 5) is 21.3. The molecule has 1 aromatic carbocycles. The number of ketones is 1. The van der Waals surface area contributed by atoms with Crippen LogP contribution in [0.15, 0.2) is 36.4 Å². The number of hydrogen-bond donors (Lipinski definition) is 0. The highest BCUT2D eigenvalue weighted by Gasteiger charge is 2.04. The van der Waals surface area contributed by atoms with E-state index in [0.29, 0.717) is 19.1 Å². The number of carbonyl (C=O) groups excluding carboxylic acids is 2. The lowest BCUT2D eigenvalue weighted by atomic mass is 10.0. The van der Waals surface area contributed by atoms with Crippen molar-refractivity contribution in [2.24, 2.45) is 0 Å². The molecule has 84 valence electrons. The lowest BCUT2D eigenvalue weighted by molar-refractivity contribution is -0.121. The molecule has 0 bridgehead atoms. The number of carbonyl (C=O) groups is 2. The zero-order valence-corrected chi connectivity index (χ0v) is 9.53. The monoisotopic (exact) mass is 216 g/mol. The van der Waals surface area contributed by atoms with E-state index < -0.39 is 0 Å². The second-order valence-electron chi connectivity index (χ2n) is 4.00. The largest absolute Gasteiger partial charge is 0.303 e. The Morgan fingerprint density at radius 3 is 2.50 bits per heavy atom. The fourth-order valence-corrected chi connectivity index (χ4v) is 1.50. The minimum Gasteiger partial charge on any atom is -0.303 e. The van der Waals surface area contributed by atoms with E-state index in [4.69, 9.17) is 0 Å². The fraction of sp³-hybridized carbons (Fsp3) is 0.286. The Labute approximate surface area is 96.0 Å². The molecule has 0 atom stereocenters. The summed E-state index contributed by atoms with van der Waals surface area (Å²) < 4.78 is 0. The van der Waals surface area contributed by atoms with Crippen LogP contribution in [0.5, 0.6) is 0 Å². The lowest BCUT2D eigenvalue weighted by Gasteiger charge is -2.04. The molecule has 0 heterocycles. The molecule has 0 aromatic heterocycles. The number of benzene rings is 1. The summed E-state index contributed by atoms with van der Waals surface area (Å²) in [7, 11) is 0. The first-order chi connectivity index (χ1) is 7.61. The highest BCUT2D eigenvalue weighted by Crippen LogP contribution is 2.11. The van der Waals surface area contributed by atoms with E-state index >= 15 is 0 Å². The average Bonchev–Trinajstić information content (AvgIpc) is 2.21. The van der Waals surface area contributed by atoms with Crippen LogP contribution in [-0.4, -0.2) is 12.1 Å². The molecule has 0 fully saturated rings. The van der Waals surface area contributed by atoms with Gasteiger partial charge in [0.25, 0.3) is 0 Å². The van der Waals surface area contributed by atoms with Gasteiger partial charge in [-0.05, 0) is 18.9 Å². The topological polar surface area (TPSA) is 34.1 Å². The molecule has 0 amide bonds. The van der Waals surface area contributed by atoms with E-state index in [2.05, 4.69) is 6.58 Å². The van der Waals surface area contributed by atoms with E-state index in [-0.39, 0.29) is 12.2 Å². The molecule has 2 heteroatoms. The first kappa shape index (κ1) is 12.4. The van der Waals surface area contributed by atoms with Crippen LogP contribution in [0.2, 0.25) is 0 Å². The minimum absolute atomic E-state index is 0.00703. The Morgan fingerprint density at radius 2 is 1.94 bits per heavy atom. The first-order valence-corrected chi connectivity index (χ1v) is 5.29. The SMILES string of the molecule is C=C(CC(=O)CC=O)Cc1ccc(C)cc1. The second kappa shape index (κ2) is 6.01. The Balaban J connectivity index is 2.48. The van der Waals surface area contributed by atoms with E-state index in [1.54, 1.807) is 0 Å². The van der Waals surface area contributed by atoms with Gasteiger partial charge < -0.3 is 4.79 Å². The number of allylic oxidation sites excluding steroid dienone is 1. The van der Waals surface area contributed by atoms with Crippen LogP contribution in [0.3, 0.4) is 0 Å². The molecule has 0 N–H and O–H groups in total. The summed E-state index contributed by atoms with van der Waals surface area (Å²) in [6.07, 6.45) is 1.63. The van der Waals surface area contributed by atoms with Crippen molar-refractivity contribution in [3.05, 3.63) is 47.5 Å². The van der Waals surface area contributed by atoms with Gasteiger partial charge in [0.1, 0.15) is 12.1 Å². The third kappa shape index (κ3) is 4.22. The van der Waals surface area contributed by atoms with Gasteiger partial charge in [-0.25, -0.2) is 0 Å². The quantitative estimate of drug-likeness (QED) is 0.416. The second-order valence-corrected chi connectivity index (χ2v) is 4.00. The number of aryl methyl sites for hydroxylation is 1. The van der Waals surface area contributed by atoms with E-state index in [9.17, 15) is 9.59 Å². The molecule has 1 rings (SSSR count). The van der Waals surface area contributed by atoms with Crippen molar-refractivity contribution in [1.82, 2.24) is 0 Å². The molecule has 1 aromatic rings. The molecular formula is C14H16O2. The van der Waals surface area contributed by atoms with Crippen LogP contribution in [0.25, 0.3) is 0 Å². The van der Waals surface area contributed by atoms with Gasteiger partial charge in [-0.1, -0.05) is 42.0 Å². The Hall–Kier alpha value is -1.70. The Kier molecular flexibility index (Phi) is 4.65. The average molecular weight is 216 g/mol. The number of Topliss-reactive ketones (excluding diaryl/α,β-unsaturated/α-hetero) is 1. The van der Waals surface area contributed by atoms with Gasteiger partial charge in [0.15, 0.2) is 0 Å². The summed E-state index contributed by atoms with van der Waals surface area (Å²) in [6.45, 7) is 5.89. The molecule has 16 heavy (non-hydrogen) atoms. The molecule has 0 aliphatic rings. The fourth-order valence-electron chi connectivity index (χ4n) is 1.50. The predicted molar refractivity (Wildman–Crippen MR) is 64.3 cm³/mol. The number of hydrogen-bond acceptors (Lipinski definition) is 2. The summed E-state index contributed by atoms with van der Waals surface area (Å²) in [6, 6.07) is 8.14. The number of rotatable bonds is 6. The standard InChI is InChI=1S/C14H16O2/c1-11-3-5-13(6-4-11)9-12(2)10-14(16)7-8-15/h3-6,8H,2,7,9-10H2,1H3. The molecule has 2 nitrogen and oxygen atoms in total. The lowest BCUT2D eigenvalue weighted by Crippen LogP contribution is -2.01. The van der Waals surface area contributed by atoms with Crippen molar-refractivity contribution in [3.8, 4) is 0 Å². The van der Waals surface area contributed by atoms with Gasteiger partial charge in [0, 0.05) is 6.42 Å². The maximum absolute atomic E-state index is 11.2. The van der Waals surface area contributed by atoms with Crippen LogP contribution in [0, 0.1) is 6.92 Å². The third-order valence-electron chi connectivity index (χ3n) is 2.33. The number of aldehydes is 1. The van der Waals surface area contributed by atoms with Crippen molar-refractivity contribution in [2.75, 3.05) is 0 Å². The van der Waals surface area contributed by atoms with E-state index in [1.165, 1.54) is 5.56 Å². The van der Waals surface area contributed by atoms with Gasteiger partial charge in [-0.15, -0.1) is 0 Å². The van der Waals surface area contributed by atoms with Gasteiger partial charge in [0.2, 0.25) is 0 Å². The molecule has 0 saturated carbocycles. The summed E-state index contributed by atoms with van der Waals surface area (Å²) in [5.41, 5.74) is 3.22. The van der Waals surface area contributed by atoms with Crippen molar-refractivity contribution < 1.29 is 9.59 Å². The molecule has 0 unspecified atom stereocenters. The Bertz CT molecular complexity index is 388.